The van der Waals surface area contributed by atoms with Gasteiger partial charge < -0.3 is 24.6 Å². The third kappa shape index (κ3) is 5.04. The summed E-state index contributed by atoms with van der Waals surface area (Å²) in [6, 6.07) is 8.21. The van der Waals surface area contributed by atoms with Crippen molar-refractivity contribution in [2.45, 2.75) is 45.3 Å². The molecule has 0 spiro atoms. The Balaban J connectivity index is 1.60. The van der Waals surface area contributed by atoms with Crippen molar-refractivity contribution in [2.75, 3.05) is 44.2 Å². The molecule has 0 aromatic heterocycles. The number of rotatable bonds is 3. The summed E-state index contributed by atoms with van der Waals surface area (Å²) >= 11 is 0. The summed E-state index contributed by atoms with van der Waals surface area (Å²) in [7, 11) is 0. The SMILES string of the molecule is CC(C)(C)OC(=O)N1CCN(c2ccccc2OC2CCCNC2)CC1. The fourth-order valence-electron chi connectivity index (χ4n) is 3.37. The number of nitrogens with zero attached hydrogens (tertiary/aromatic N) is 2. The molecule has 1 atom stereocenters. The van der Waals surface area contributed by atoms with Gasteiger partial charge in [0.25, 0.3) is 0 Å². The molecule has 6 nitrogen and oxygen atoms in total. The van der Waals surface area contributed by atoms with Gasteiger partial charge in [-0.1, -0.05) is 12.1 Å². The Morgan fingerprint density at radius 1 is 1.15 bits per heavy atom. The maximum atomic E-state index is 12.2. The van der Waals surface area contributed by atoms with Crippen molar-refractivity contribution in [3.8, 4) is 5.75 Å². The number of ether oxygens (including phenoxy) is 2. The molecule has 2 saturated heterocycles. The number of anilines is 1. The minimum Gasteiger partial charge on any atom is -0.487 e. The number of para-hydroxylation sites is 2. The molecular weight excluding hydrogens is 330 g/mol. The number of benzene rings is 1. The zero-order valence-electron chi connectivity index (χ0n) is 16.2. The van der Waals surface area contributed by atoms with Crippen LogP contribution in [-0.4, -0.2) is 62.0 Å². The van der Waals surface area contributed by atoms with Crippen LogP contribution in [0.4, 0.5) is 10.5 Å². The van der Waals surface area contributed by atoms with Gasteiger partial charge in [0, 0.05) is 32.7 Å². The van der Waals surface area contributed by atoms with Crippen molar-refractivity contribution in [2.24, 2.45) is 0 Å². The van der Waals surface area contributed by atoms with E-state index in [1.807, 2.05) is 39.0 Å². The Morgan fingerprint density at radius 2 is 1.88 bits per heavy atom. The normalized spacial score (nSPS) is 21.4. The Morgan fingerprint density at radius 3 is 2.54 bits per heavy atom. The largest absolute Gasteiger partial charge is 0.487 e. The Hall–Kier alpha value is -1.95. The zero-order chi connectivity index (χ0) is 18.6. The van der Waals surface area contributed by atoms with E-state index in [9.17, 15) is 4.79 Å². The maximum Gasteiger partial charge on any atom is 0.410 e. The Labute approximate surface area is 156 Å². The topological polar surface area (TPSA) is 54.0 Å². The van der Waals surface area contributed by atoms with Crippen LogP contribution in [0.3, 0.4) is 0 Å². The number of carbonyl (C=O) groups is 1. The molecule has 0 bridgehead atoms. The average molecular weight is 361 g/mol. The average Bonchev–Trinajstić information content (AvgIpc) is 2.62. The molecule has 2 heterocycles. The van der Waals surface area contributed by atoms with Crippen molar-refractivity contribution in [1.82, 2.24) is 10.2 Å². The molecule has 0 aliphatic carbocycles. The fourth-order valence-corrected chi connectivity index (χ4v) is 3.37. The molecule has 6 heteroatoms. The van der Waals surface area contributed by atoms with Gasteiger partial charge >= 0.3 is 6.09 Å². The number of hydrogen-bond donors (Lipinski definition) is 1. The van der Waals surface area contributed by atoms with Gasteiger partial charge in [0.2, 0.25) is 0 Å². The van der Waals surface area contributed by atoms with E-state index in [1.54, 1.807) is 4.90 Å². The van der Waals surface area contributed by atoms with Gasteiger partial charge in [0.1, 0.15) is 17.5 Å². The van der Waals surface area contributed by atoms with Crippen molar-refractivity contribution in [1.29, 1.82) is 0 Å². The molecule has 2 aliphatic heterocycles. The standard InChI is InChI=1S/C20H31N3O3/c1-20(2,3)26-19(24)23-13-11-22(12-14-23)17-8-4-5-9-18(17)25-16-7-6-10-21-15-16/h4-5,8-9,16,21H,6-7,10-15H2,1-3H3. The van der Waals surface area contributed by atoms with E-state index in [4.69, 9.17) is 9.47 Å². The summed E-state index contributed by atoms with van der Waals surface area (Å²) in [5.74, 6) is 0.937. The summed E-state index contributed by atoms with van der Waals surface area (Å²) in [6.07, 6.45) is 2.25. The molecule has 1 aromatic carbocycles. The molecule has 26 heavy (non-hydrogen) atoms. The third-order valence-corrected chi connectivity index (χ3v) is 4.68. The molecule has 144 valence electrons. The second kappa shape index (κ2) is 8.16. The minimum absolute atomic E-state index is 0.227. The van der Waals surface area contributed by atoms with E-state index in [1.165, 1.54) is 0 Å². The van der Waals surface area contributed by atoms with E-state index >= 15 is 0 Å². The summed E-state index contributed by atoms with van der Waals surface area (Å²) in [4.78, 5) is 16.3. The molecule has 2 fully saturated rings. The van der Waals surface area contributed by atoms with Crippen LogP contribution in [0.15, 0.2) is 24.3 Å². The smallest absolute Gasteiger partial charge is 0.410 e. The summed E-state index contributed by atoms with van der Waals surface area (Å²) in [6.45, 7) is 10.6. The fraction of sp³-hybridized carbons (Fsp3) is 0.650. The summed E-state index contributed by atoms with van der Waals surface area (Å²) in [5, 5.41) is 3.39. The molecule has 1 N–H and O–H groups in total. The van der Waals surface area contributed by atoms with E-state index in [2.05, 4.69) is 16.3 Å². The van der Waals surface area contributed by atoms with Crippen LogP contribution in [0.2, 0.25) is 0 Å². The predicted molar refractivity (Wildman–Crippen MR) is 103 cm³/mol. The lowest BCUT2D eigenvalue weighted by atomic mass is 10.1. The van der Waals surface area contributed by atoms with E-state index in [0.29, 0.717) is 13.1 Å². The van der Waals surface area contributed by atoms with Crippen LogP contribution in [0.5, 0.6) is 5.75 Å². The third-order valence-electron chi connectivity index (χ3n) is 4.68. The van der Waals surface area contributed by atoms with Crippen LogP contribution in [0.25, 0.3) is 0 Å². The number of piperazine rings is 1. The van der Waals surface area contributed by atoms with E-state index in [0.717, 1.165) is 50.5 Å². The van der Waals surface area contributed by atoms with Crippen molar-refractivity contribution < 1.29 is 14.3 Å². The Bertz CT molecular complexity index is 601. The number of piperidine rings is 1. The molecule has 1 aromatic rings. The first-order chi connectivity index (χ1) is 12.4. The van der Waals surface area contributed by atoms with Gasteiger partial charge in [-0.15, -0.1) is 0 Å². The second-order valence-corrected chi connectivity index (χ2v) is 8.01. The van der Waals surface area contributed by atoms with Gasteiger partial charge in [-0.05, 0) is 52.3 Å². The molecule has 1 unspecified atom stereocenters. The van der Waals surface area contributed by atoms with Gasteiger partial charge in [0.05, 0.1) is 5.69 Å². The van der Waals surface area contributed by atoms with Crippen LogP contribution in [0.1, 0.15) is 33.6 Å². The first-order valence-corrected chi connectivity index (χ1v) is 9.62. The van der Waals surface area contributed by atoms with Crippen molar-refractivity contribution in [3.05, 3.63) is 24.3 Å². The molecule has 0 radical (unpaired) electrons. The van der Waals surface area contributed by atoms with Gasteiger partial charge in [-0.25, -0.2) is 4.79 Å². The van der Waals surface area contributed by atoms with Gasteiger partial charge in [0.15, 0.2) is 0 Å². The number of hydrogen-bond acceptors (Lipinski definition) is 5. The summed E-state index contributed by atoms with van der Waals surface area (Å²) < 4.78 is 11.7. The number of amides is 1. The van der Waals surface area contributed by atoms with E-state index < -0.39 is 5.60 Å². The minimum atomic E-state index is -0.456. The zero-order valence-corrected chi connectivity index (χ0v) is 16.2. The number of nitrogens with one attached hydrogen (secondary N) is 1. The molecule has 3 rings (SSSR count). The van der Waals surface area contributed by atoms with Crippen molar-refractivity contribution >= 4 is 11.8 Å². The van der Waals surface area contributed by atoms with Crippen LogP contribution < -0.4 is 15.0 Å². The number of carbonyl (C=O) groups excluding carboxylic acids is 1. The highest BCUT2D eigenvalue weighted by Gasteiger charge is 2.27. The summed E-state index contributed by atoms with van der Waals surface area (Å²) in [5.41, 5.74) is 0.657. The molecule has 0 saturated carbocycles. The highest BCUT2D eigenvalue weighted by Crippen LogP contribution is 2.30. The lowest BCUT2D eigenvalue weighted by Crippen LogP contribution is -2.50. The predicted octanol–water partition coefficient (Wildman–Crippen LogP) is 2.87. The monoisotopic (exact) mass is 361 g/mol. The van der Waals surface area contributed by atoms with Gasteiger partial charge in [-0.3, -0.25) is 0 Å². The highest BCUT2D eigenvalue weighted by atomic mass is 16.6. The van der Waals surface area contributed by atoms with E-state index in [-0.39, 0.29) is 12.2 Å². The first-order valence-electron chi connectivity index (χ1n) is 9.62. The highest BCUT2D eigenvalue weighted by molar-refractivity contribution is 5.69. The molecule has 1 amide bonds. The quantitative estimate of drug-likeness (QED) is 0.897. The van der Waals surface area contributed by atoms with Crippen LogP contribution >= 0.6 is 0 Å². The molecule has 2 aliphatic rings. The second-order valence-electron chi connectivity index (χ2n) is 8.01. The lowest BCUT2D eigenvalue weighted by molar-refractivity contribution is 0.0240. The van der Waals surface area contributed by atoms with Crippen LogP contribution in [-0.2, 0) is 4.74 Å². The van der Waals surface area contributed by atoms with Crippen molar-refractivity contribution in [3.63, 3.8) is 0 Å². The Kier molecular flexibility index (Phi) is 5.91. The molecular formula is C20H31N3O3. The first kappa shape index (κ1) is 18.8. The van der Waals surface area contributed by atoms with Crippen LogP contribution in [0, 0.1) is 0 Å². The van der Waals surface area contributed by atoms with Gasteiger partial charge in [-0.2, -0.15) is 0 Å². The lowest BCUT2D eigenvalue weighted by Gasteiger charge is -2.37. The maximum absolute atomic E-state index is 12.2.